The van der Waals surface area contributed by atoms with Crippen LogP contribution >= 0.6 is 15.9 Å². The second-order valence-corrected chi connectivity index (χ2v) is 10.7. The van der Waals surface area contributed by atoms with Crippen LogP contribution in [0.5, 0.6) is 5.75 Å². The van der Waals surface area contributed by atoms with Gasteiger partial charge >= 0.3 is 0 Å². The van der Waals surface area contributed by atoms with Gasteiger partial charge in [-0.15, -0.1) is 0 Å². The zero-order valence-corrected chi connectivity index (χ0v) is 18.8. The van der Waals surface area contributed by atoms with Gasteiger partial charge in [0.1, 0.15) is 4.90 Å². The first-order valence-electron chi connectivity index (χ1n) is 8.42. The van der Waals surface area contributed by atoms with Gasteiger partial charge < -0.3 is 4.74 Å². The standard InChI is InChI=1S/C20H18BrNO5S2/c1-14-8-10-17(11-9-14)29(25,26)22-15-12-18(21)20(27-2)19(13-15)28(23,24)16-6-4-3-5-7-16/h3-13,22H,1-2H3. The van der Waals surface area contributed by atoms with E-state index >= 15 is 0 Å². The van der Waals surface area contributed by atoms with E-state index in [1.807, 2.05) is 6.92 Å². The summed E-state index contributed by atoms with van der Waals surface area (Å²) in [6, 6.07) is 16.9. The molecule has 3 aromatic carbocycles. The van der Waals surface area contributed by atoms with Gasteiger partial charge in [0.25, 0.3) is 10.0 Å². The first kappa shape index (κ1) is 21.4. The molecule has 0 aliphatic carbocycles. The Morgan fingerprint density at radius 2 is 1.48 bits per heavy atom. The Kier molecular flexibility index (Phi) is 6.02. The van der Waals surface area contributed by atoms with Crippen LogP contribution in [0.4, 0.5) is 5.69 Å². The fraction of sp³-hybridized carbons (Fsp3) is 0.100. The van der Waals surface area contributed by atoms with Crippen molar-refractivity contribution in [2.45, 2.75) is 21.6 Å². The van der Waals surface area contributed by atoms with Crippen LogP contribution < -0.4 is 9.46 Å². The zero-order chi connectivity index (χ0) is 21.2. The zero-order valence-electron chi connectivity index (χ0n) is 15.6. The number of methoxy groups -OCH3 is 1. The maximum atomic E-state index is 13.1. The Morgan fingerprint density at radius 3 is 2.07 bits per heavy atom. The van der Waals surface area contributed by atoms with E-state index in [9.17, 15) is 16.8 Å². The molecule has 0 radical (unpaired) electrons. The normalized spacial score (nSPS) is 11.8. The average Bonchev–Trinajstić information content (AvgIpc) is 2.68. The Balaban J connectivity index is 2.10. The Bertz CT molecular complexity index is 1240. The highest BCUT2D eigenvalue weighted by Gasteiger charge is 2.26. The fourth-order valence-electron chi connectivity index (χ4n) is 2.68. The maximum absolute atomic E-state index is 13.1. The molecule has 6 nitrogen and oxygen atoms in total. The Hall–Kier alpha value is -2.36. The summed E-state index contributed by atoms with van der Waals surface area (Å²) in [6.45, 7) is 1.85. The van der Waals surface area contributed by atoms with Gasteiger partial charge in [-0.25, -0.2) is 16.8 Å². The molecule has 0 unspecified atom stereocenters. The lowest BCUT2D eigenvalue weighted by Crippen LogP contribution is -2.14. The lowest BCUT2D eigenvalue weighted by atomic mass is 10.2. The van der Waals surface area contributed by atoms with E-state index in [4.69, 9.17) is 4.74 Å². The fourth-order valence-corrected chi connectivity index (χ4v) is 5.97. The van der Waals surface area contributed by atoms with Crippen LogP contribution in [0.25, 0.3) is 0 Å². The number of anilines is 1. The molecular weight excluding hydrogens is 478 g/mol. The number of sulfonamides is 1. The average molecular weight is 496 g/mol. The van der Waals surface area contributed by atoms with Crippen molar-refractivity contribution >= 4 is 41.5 Å². The number of hydrogen-bond acceptors (Lipinski definition) is 5. The molecule has 9 heteroatoms. The molecule has 0 fully saturated rings. The number of nitrogens with one attached hydrogen (secondary N) is 1. The highest BCUT2D eigenvalue weighted by molar-refractivity contribution is 9.10. The van der Waals surface area contributed by atoms with Crippen molar-refractivity contribution in [1.82, 2.24) is 0 Å². The first-order chi connectivity index (χ1) is 13.6. The molecule has 0 amide bonds. The molecule has 0 spiro atoms. The highest BCUT2D eigenvalue weighted by atomic mass is 79.9. The number of rotatable bonds is 6. The van der Waals surface area contributed by atoms with Gasteiger partial charge in [-0.2, -0.15) is 0 Å². The van der Waals surface area contributed by atoms with Gasteiger partial charge in [0.2, 0.25) is 9.84 Å². The molecular formula is C20H18BrNO5S2. The molecule has 0 saturated carbocycles. The lowest BCUT2D eigenvalue weighted by molar-refractivity contribution is 0.400. The third-order valence-corrected chi connectivity index (χ3v) is 7.90. The van der Waals surface area contributed by atoms with Crippen LogP contribution in [0.3, 0.4) is 0 Å². The minimum absolute atomic E-state index is 0.0718. The van der Waals surface area contributed by atoms with Crippen molar-refractivity contribution < 1.29 is 21.6 Å². The SMILES string of the molecule is COc1c(Br)cc(NS(=O)(=O)c2ccc(C)cc2)cc1S(=O)(=O)c1ccccc1. The number of benzene rings is 3. The van der Waals surface area contributed by atoms with E-state index in [1.165, 1.54) is 43.5 Å². The summed E-state index contributed by atoms with van der Waals surface area (Å²) in [7, 11) is -6.49. The van der Waals surface area contributed by atoms with Crippen LogP contribution in [0.2, 0.25) is 0 Å². The summed E-state index contributed by atoms with van der Waals surface area (Å²) < 4.78 is 59.6. The molecule has 0 saturated heterocycles. The summed E-state index contributed by atoms with van der Waals surface area (Å²) in [5.74, 6) is 0.0899. The van der Waals surface area contributed by atoms with Crippen LogP contribution in [-0.2, 0) is 19.9 Å². The molecule has 0 bridgehead atoms. The van der Waals surface area contributed by atoms with E-state index in [0.29, 0.717) is 4.47 Å². The van der Waals surface area contributed by atoms with Crippen LogP contribution in [-0.4, -0.2) is 23.9 Å². The van der Waals surface area contributed by atoms with Gasteiger partial charge in [0, 0.05) is 0 Å². The number of sulfone groups is 1. The predicted octanol–water partition coefficient (Wildman–Crippen LogP) is 4.40. The molecule has 0 heterocycles. The van der Waals surface area contributed by atoms with Gasteiger partial charge in [-0.3, -0.25) is 4.72 Å². The van der Waals surface area contributed by atoms with Crippen molar-refractivity contribution in [3.63, 3.8) is 0 Å². The molecule has 152 valence electrons. The Morgan fingerprint density at radius 1 is 0.862 bits per heavy atom. The van der Waals surface area contributed by atoms with Gasteiger partial charge in [-0.05, 0) is 59.3 Å². The molecule has 1 N–H and O–H groups in total. The third kappa shape index (κ3) is 4.47. The van der Waals surface area contributed by atoms with E-state index in [0.717, 1.165) is 5.56 Å². The van der Waals surface area contributed by atoms with Crippen LogP contribution in [0, 0.1) is 6.92 Å². The second kappa shape index (κ2) is 8.17. The molecule has 0 aliphatic heterocycles. The predicted molar refractivity (Wildman–Crippen MR) is 115 cm³/mol. The highest BCUT2D eigenvalue weighted by Crippen LogP contribution is 2.38. The first-order valence-corrected chi connectivity index (χ1v) is 12.2. The molecule has 0 atom stereocenters. The summed E-state index contributed by atoms with van der Waals surface area (Å²) in [5, 5.41) is 0. The van der Waals surface area contributed by atoms with Crippen molar-refractivity contribution in [2.24, 2.45) is 0 Å². The third-order valence-electron chi connectivity index (χ3n) is 4.14. The van der Waals surface area contributed by atoms with Crippen molar-refractivity contribution in [3.05, 3.63) is 76.8 Å². The van der Waals surface area contributed by atoms with E-state index in [2.05, 4.69) is 20.7 Å². The van der Waals surface area contributed by atoms with Gasteiger partial charge in [0.15, 0.2) is 5.75 Å². The van der Waals surface area contributed by atoms with E-state index in [1.54, 1.807) is 30.3 Å². The number of ether oxygens (including phenoxy) is 1. The quantitative estimate of drug-likeness (QED) is 0.547. The van der Waals surface area contributed by atoms with Gasteiger partial charge in [-0.1, -0.05) is 35.9 Å². The minimum atomic E-state index is -3.94. The topological polar surface area (TPSA) is 89.5 Å². The summed E-state index contributed by atoms with van der Waals surface area (Å²) in [6.07, 6.45) is 0. The van der Waals surface area contributed by atoms with Gasteiger partial charge in [0.05, 0.1) is 27.1 Å². The van der Waals surface area contributed by atoms with E-state index < -0.39 is 19.9 Å². The number of hydrogen-bond donors (Lipinski definition) is 1. The summed E-state index contributed by atoms with van der Waals surface area (Å²) in [4.78, 5) is -0.00608. The van der Waals surface area contributed by atoms with Crippen molar-refractivity contribution in [3.8, 4) is 5.75 Å². The largest absolute Gasteiger partial charge is 0.494 e. The molecule has 3 aromatic rings. The second-order valence-electron chi connectivity index (χ2n) is 6.22. The molecule has 0 aromatic heterocycles. The number of halogens is 1. The monoisotopic (exact) mass is 495 g/mol. The molecule has 3 rings (SSSR count). The number of aryl methyl sites for hydroxylation is 1. The summed E-state index contributed by atoms with van der Waals surface area (Å²) >= 11 is 3.27. The smallest absolute Gasteiger partial charge is 0.261 e. The maximum Gasteiger partial charge on any atom is 0.261 e. The van der Waals surface area contributed by atoms with Crippen molar-refractivity contribution in [2.75, 3.05) is 11.8 Å². The minimum Gasteiger partial charge on any atom is -0.494 e. The van der Waals surface area contributed by atoms with E-state index in [-0.39, 0.29) is 26.1 Å². The van der Waals surface area contributed by atoms with Crippen molar-refractivity contribution in [1.29, 1.82) is 0 Å². The summed E-state index contributed by atoms with van der Waals surface area (Å²) in [5.41, 5.74) is 1.01. The lowest BCUT2D eigenvalue weighted by Gasteiger charge is -2.15. The Labute approximate surface area is 178 Å². The van der Waals surface area contributed by atoms with Crippen LogP contribution in [0.15, 0.2) is 85.9 Å². The molecule has 0 aliphatic rings. The molecule has 29 heavy (non-hydrogen) atoms. The van der Waals surface area contributed by atoms with Crippen LogP contribution in [0.1, 0.15) is 5.56 Å².